The van der Waals surface area contributed by atoms with Crippen molar-refractivity contribution < 1.29 is 42.1 Å². The number of phosphoric ester groups is 1. The summed E-state index contributed by atoms with van der Waals surface area (Å²) in [6.07, 6.45) is 67.1. The van der Waals surface area contributed by atoms with Crippen molar-refractivity contribution in [2.45, 2.75) is 251 Å². The molecule has 10 heteroatoms. The van der Waals surface area contributed by atoms with Gasteiger partial charge in [0.05, 0.1) is 27.7 Å². The lowest BCUT2D eigenvalue weighted by Crippen LogP contribution is -2.37. The number of carbonyl (C=O) groups excluding carboxylic acids is 2. The third-order valence-corrected chi connectivity index (χ3v) is 13.2. The molecule has 0 heterocycles. The summed E-state index contributed by atoms with van der Waals surface area (Å²) in [4.78, 5) is 35.4. The van der Waals surface area contributed by atoms with Crippen molar-refractivity contribution in [1.29, 1.82) is 0 Å². The summed E-state index contributed by atoms with van der Waals surface area (Å²) >= 11 is 0. The number of unbranched alkanes of at least 4 members (excludes halogenated alkanes) is 26. The second-order valence-electron chi connectivity index (χ2n) is 20.3. The van der Waals surface area contributed by atoms with Gasteiger partial charge in [-0.05, 0) is 64.2 Å². The predicted molar refractivity (Wildman–Crippen MR) is 298 cm³/mol. The first-order valence-corrected chi connectivity index (χ1v) is 30.2. The van der Waals surface area contributed by atoms with E-state index in [9.17, 15) is 19.0 Å². The van der Waals surface area contributed by atoms with Gasteiger partial charge >= 0.3 is 19.8 Å². The molecule has 0 aliphatic carbocycles. The van der Waals surface area contributed by atoms with E-state index in [4.69, 9.17) is 18.5 Å². The fourth-order valence-corrected chi connectivity index (χ4v) is 8.58. The van der Waals surface area contributed by atoms with Gasteiger partial charge in [-0.25, -0.2) is 4.57 Å². The van der Waals surface area contributed by atoms with Crippen molar-refractivity contribution in [2.75, 3.05) is 47.5 Å². The molecule has 406 valence electrons. The minimum atomic E-state index is -4.38. The van der Waals surface area contributed by atoms with Crippen LogP contribution in [0.15, 0.2) is 72.9 Å². The van der Waals surface area contributed by atoms with Crippen LogP contribution in [-0.4, -0.2) is 74.9 Å². The van der Waals surface area contributed by atoms with Crippen LogP contribution in [0.5, 0.6) is 0 Å². The normalized spacial score (nSPS) is 13.9. The molecule has 0 aliphatic heterocycles. The Kier molecular flexibility index (Phi) is 49.5. The van der Waals surface area contributed by atoms with Gasteiger partial charge in [-0.2, -0.15) is 0 Å². The molecule has 1 N–H and O–H groups in total. The summed E-state index contributed by atoms with van der Waals surface area (Å²) in [5, 5.41) is 0. The van der Waals surface area contributed by atoms with Gasteiger partial charge in [0.2, 0.25) is 0 Å². The standard InChI is InChI=1S/C60H108NO8P/c1-6-8-10-12-14-16-17-18-19-20-21-22-23-24-25-26-27-28-29-30-31-32-33-34-35-36-37-38-39-40-41-42-43-45-47-49-51-53-60(63)69-58(57-68-70(64,65)67-55-54-61(3,4)5)56-66-59(62)52-50-48-46-44-15-13-11-9-7-2/h8,10,14,16,18-19,21-22,24-25,27-28,58H,6-7,9,11-13,15,17,20,23,26,29-57H2,1-5H3/p+1/b10-8-,16-14-,19-18-,22-21-,25-24-,28-27-. The van der Waals surface area contributed by atoms with Crippen molar-refractivity contribution in [1.82, 2.24) is 0 Å². The van der Waals surface area contributed by atoms with Crippen LogP contribution in [0.2, 0.25) is 0 Å². The van der Waals surface area contributed by atoms with Gasteiger partial charge in [-0.1, -0.05) is 241 Å². The average molecular weight is 1000 g/mol. The maximum atomic E-state index is 12.8. The number of ether oxygens (including phenoxy) is 2. The maximum absolute atomic E-state index is 12.8. The highest BCUT2D eigenvalue weighted by molar-refractivity contribution is 7.47. The Bertz CT molecular complexity index is 1410. The summed E-state index contributed by atoms with van der Waals surface area (Å²) in [6.45, 7) is 4.30. The Morgan fingerprint density at radius 1 is 0.457 bits per heavy atom. The Labute approximate surface area is 431 Å². The number of rotatable bonds is 52. The van der Waals surface area contributed by atoms with Gasteiger partial charge in [-0.3, -0.25) is 18.6 Å². The average Bonchev–Trinajstić information content (AvgIpc) is 3.32. The minimum Gasteiger partial charge on any atom is -0.462 e. The summed E-state index contributed by atoms with van der Waals surface area (Å²) in [6, 6.07) is 0. The van der Waals surface area contributed by atoms with Crippen molar-refractivity contribution >= 4 is 19.8 Å². The maximum Gasteiger partial charge on any atom is 0.472 e. The van der Waals surface area contributed by atoms with Crippen molar-refractivity contribution in [3.05, 3.63) is 72.9 Å². The topological polar surface area (TPSA) is 108 Å². The minimum absolute atomic E-state index is 0.0323. The van der Waals surface area contributed by atoms with Crippen LogP contribution in [-0.2, 0) is 32.7 Å². The summed E-state index contributed by atoms with van der Waals surface area (Å²) in [5.74, 6) is -0.794. The molecule has 0 spiro atoms. The number of hydrogen-bond acceptors (Lipinski definition) is 7. The molecule has 0 aromatic heterocycles. The van der Waals surface area contributed by atoms with E-state index in [1.807, 2.05) is 21.1 Å². The molecule has 0 amide bonds. The van der Waals surface area contributed by atoms with Crippen LogP contribution in [0.25, 0.3) is 0 Å². The molecule has 2 unspecified atom stereocenters. The van der Waals surface area contributed by atoms with Crippen LogP contribution in [0, 0.1) is 0 Å². The molecule has 0 bridgehead atoms. The highest BCUT2D eigenvalue weighted by atomic mass is 31.2. The number of esters is 2. The number of hydrogen-bond donors (Lipinski definition) is 1. The second-order valence-corrected chi connectivity index (χ2v) is 21.8. The number of quaternary nitrogens is 1. The smallest absolute Gasteiger partial charge is 0.462 e. The van der Waals surface area contributed by atoms with Gasteiger partial charge in [0, 0.05) is 12.8 Å². The third-order valence-electron chi connectivity index (χ3n) is 12.3. The third kappa shape index (κ3) is 54.8. The molecule has 0 rings (SSSR count). The molecule has 0 aliphatic rings. The van der Waals surface area contributed by atoms with Crippen LogP contribution < -0.4 is 0 Å². The summed E-state index contributed by atoms with van der Waals surface area (Å²) in [7, 11) is 1.48. The number of allylic oxidation sites excluding steroid dienone is 12. The van der Waals surface area contributed by atoms with E-state index in [0.29, 0.717) is 23.9 Å². The van der Waals surface area contributed by atoms with E-state index in [1.165, 1.54) is 141 Å². The van der Waals surface area contributed by atoms with Crippen molar-refractivity contribution in [3.63, 3.8) is 0 Å². The van der Waals surface area contributed by atoms with Crippen molar-refractivity contribution in [3.8, 4) is 0 Å². The van der Waals surface area contributed by atoms with E-state index in [1.54, 1.807) is 0 Å². The highest BCUT2D eigenvalue weighted by Crippen LogP contribution is 2.43. The quantitative estimate of drug-likeness (QED) is 0.0211. The lowest BCUT2D eigenvalue weighted by atomic mass is 10.0. The first kappa shape index (κ1) is 67.5. The SMILES string of the molecule is CC/C=C\C/C=C\C/C=C\C/C=C\C/C=C\C/C=C\CCCCCCCCCCCCCCCCCCCCC(=O)OC(COC(=O)CCCCCCCCCCC)COP(=O)(O)OCC[N+](C)(C)C. The first-order valence-electron chi connectivity index (χ1n) is 28.7. The molecular weight excluding hydrogens is 894 g/mol. The molecule has 0 radical (unpaired) electrons. The molecule has 70 heavy (non-hydrogen) atoms. The molecule has 0 saturated carbocycles. The number of phosphoric acid groups is 1. The van der Waals surface area contributed by atoms with Crippen LogP contribution >= 0.6 is 7.82 Å². The number of likely N-dealkylation sites (N-methyl/N-ethyl adjacent to an activating group) is 1. The monoisotopic (exact) mass is 1000 g/mol. The predicted octanol–water partition coefficient (Wildman–Crippen LogP) is 17.7. The van der Waals surface area contributed by atoms with E-state index < -0.39 is 26.5 Å². The van der Waals surface area contributed by atoms with Crippen LogP contribution in [0.1, 0.15) is 245 Å². The van der Waals surface area contributed by atoms with Gasteiger partial charge in [0.25, 0.3) is 0 Å². The largest absolute Gasteiger partial charge is 0.472 e. The fourth-order valence-electron chi connectivity index (χ4n) is 7.84. The van der Waals surface area contributed by atoms with Crippen LogP contribution in [0.3, 0.4) is 0 Å². The zero-order valence-corrected chi connectivity index (χ0v) is 46.9. The van der Waals surface area contributed by atoms with E-state index in [-0.39, 0.29) is 25.6 Å². The molecule has 9 nitrogen and oxygen atoms in total. The lowest BCUT2D eigenvalue weighted by Gasteiger charge is -2.24. The van der Waals surface area contributed by atoms with E-state index in [0.717, 1.165) is 70.6 Å². The Morgan fingerprint density at radius 2 is 0.814 bits per heavy atom. The lowest BCUT2D eigenvalue weighted by molar-refractivity contribution is -0.870. The first-order chi connectivity index (χ1) is 34.0. The summed E-state index contributed by atoms with van der Waals surface area (Å²) in [5.41, 5.74) is 0. The second kappa shape index (κ2) is 51.4. The number of nitrogens with zero attached hydrogens (tertiary/aromatic N) is 1. The molecule has 0 fully saturated rings. The van der Waals surface area contributed by atoms with Gasteiger partial charge in [0.15, 0.2) is 6.10 Å². The van der Waals surface area contributed by atoms with E-state index >= 15 is 0 Å². The van der Waals surface area contributed by atoms with Gasteiger partial charge in [0.1, 0.15) is 19.8 Å². The van der Waals surface area contributed by atoms with Crippen LogP contribution in [0.4, 0.5) is 0 Å². The highest BCUT2D eigenvalue weighted by Gasteiger charge is 2.27. The zero-order chi connectivity index (χ0) is 51.3. The molecular formula is C60H109NO8P+. The van der Waals surface area contributed by atoms with Gasteiger partial charge < -0.3 is 18.9 Å². The Morgan fingerprint density at radius 3 is 1.21 bits per heavy atom. The molecule has 2 atom stereocenters. The number of carbonyl (C=O) groups is 2. The zero-order valence-electron chi connectivity index (χ0n) is 46.0. The Balaban J connectivity index is 3.92. The van der Waals surface area contributed by atoms with Gasteiger partial charge in [-0.15, -0.1) is 0 Å². The van der Waals surface area contributed by atoms with Crippen molar-refractivity contribution in [2.24, 2.45) is 0 Å². The molecule has 0 aromatic rings. The van der Waals surface area contributed by atoms with E-state index in [2.05, 4.69) is 86.8 Å². The Hall–Kier alpha value is -2.55. The molecule has 0 saturated heterocycles. The molecule has 0 aromatic carbocycles. The summed E-state index contributed by atoms with van der Waals surface area (Å²) < 4.78 is 34.4. The fraction of sp³-hybridized carbons (Fsp3) is 0.767.